The van der Waals surface area contributed by atoms with Crippen molar-refractivity contribution in [3.05, 3.63) is 89.1 Å². The van der Waals surface area contributed by atoms with E-state index in [1.54, 1.807) is 31.2 Å². The summed E-state index contributed by atoms with van der Waals surface area (Å²) in [6.45, 7) is 15.0. The Bertz CT molecular complexity index is 1170. The van der Waals surface area contributed by atoms with E-state index in [1.807, 2.05) is 32.0 Å². The van der Waals surface area contributed by atoms with Crippen molar-refractivity contribution in [2.24, 2.45) is 0 Å². The topological polar surface area (TPSA) is 68.5 Å². The Hall–Kier alpha value is -3.60. The molecule has 0 atom stereocenters. The Morgan fingerprint density at radius 1 is 1.00 bits per heavy atom. The number of esters is 1. The molecule has 5 nitrogen and oxygen atoms in total. The number of nitrogens with zero attached hydrogens (tertiary/aromatic N) is 1. The standard InChI is InChI=1S/C25H25NO4/c1-6-30-25(29)20-9-7-19(8-10-20)16(3)15(2)14-26-18(5)17(4)22-13-21(24(27)28)11-12-23(22)26/h7-13H,2-3,6,14H2,1,4-5H3,(H,27,28). The predicted molar refractivity (Wildman–Crippen MR) is 119 cm³/mol. The molecular weight excluding hydrogens is 378 g/mol. The van der Waals surface area contributed by atoms with Crippen molar-refractivity contribution < 1.29 is 19.4 Å². The van der Waals surface area contributed by atoms with Gasteiger partial charge in [-0.15, -0.1) is 0 Å². The highest BCUT2D eigenvalue weighted by Crippen LogP contribution is 2.29. The Kier molecular flexibility index (Phi) is 5.92. The van der Waals surface area contributed by atoms with Crippen molar-refractivity contribution in [3.63, 3.8) is 0 Å². The first-order valence-electron chi connectivity index (χ1n) is 9.72. The summed E-state index contributed by atoms with van der Waals surface area (Å²) in [6.07, 6.45) is 0. The number of fused-ring (bicyclic) bond motifs is 1. The smallest absolute Gasteiger partial charge is 0.338 e. The highest BCUT2D eigenvalue weighted by atomic mass is 16.5. The molecule has 0 saturated carbocycles. The molecule has 0 unspecified atom stereocenters. The van der Waals surface area contributed by atoms with Crippen LogP contribution in [0.4, 0.5) is 0 Å². The fourth-order valence-electron chi connectivity index (χ4n) is 3.50. The van der Waals surface area contributed by atoms with Gasteiger partial charge in [0.25, 0.3) is 0 Å². The molecule has 0 amide bonds. The first kappa shape index (κ1) is 21.1. The molecular formula is C25H25NO4. The van der Waals surface area contributed by atoms with Crippen LogP contribution < -0.4 is 0 Å². The van der Waals surface area contributed by atoms with E-state index in [4.69, 9.17) is 4.74 Å². The number of carboxylic acid groups (broad SMARTS) is 1. The Morgan fingerprint density at radius 2 is 1.60 bits per heavy atom. The number of rotatable bonds is 7. The van der Waals surface area contributed by atoms with Gasteiger partial charge in [-0.25, -0.2) is 9.59 Å². The van der Waals surface area contributed by atoms with E-state index >= 15 is 0 Å². The number of allylic oxidation sites excluding steroid dienone is 2. The summed E-state index contributed by atoms with van der Waals surface area (Å²) in [7, 11) is 0. The molecule has 3 rings (SSSR count). The average molecular weight is 403 g/mol. The number of benzene rings is 2. The van der Waals surface area contributed by atoms with Gasteiger partial charge in [-0.3, -0.25) is 0 Å². The maximum Gasteiger partial charge on any atom is 0.338 e. The van der Waals surface area contributed by atoms with Crippen molar-refractivity contribution in [3.8, 4) is 0 Å². The number of ether oxygens (including phenoxy) is 1. The van der Waals surface area contributed by atoms with E-state index in [2.05, 4.69) is 17.7 Å². The fraction of sp³-hybridized carbons (Fsp3) is 0.200. The lowest BCUT2D eigenvalue weighted by atomic mass is 9.99. The molecule has 0 aliphatic rings. The van der Waals surface area contributed by atoms with Crippen molar-refractivity contribution in [2.75, 3.05) is 6.61 Å². The highest BCUT2D eigenvalue weighted by Gasteiger charge is 2.15. The molecule has 3 aromatic rings. The van der Waals surface area contributed by atoms with Gasteiger partial charge >= 0.3 is 11.9 Å². The minimum atomic E-state index is -0.939. The Balaban J connectivity index is 1.86. The average Bonchev–Trinajstić information content (AvgIpc) is 2.97. The molecule has 0 aliphatic carbocycles. The lowest BCUT2D eigenvalue weighted by Gasteiger charge is -2.14. The molecule has 0 bridgehead atoms. The van der Waals surface area contributed by atoms with E-state index in [0.29, 0.717) is 18.7 Å². The third kappa shape index (κ3) is 3.92. The molecule has 5 heteroatoms. The van der Waals surface area contributed by atoms with Gasteiger partial charge in [-0.05, 0) is 73.4 Å². The molecule has 1 aromatic heterocycles. The number of aromatic carboxylic acids is 1. The van der Waals surface area contributed by atoms with Crippen molar-refractivity contribution in [2.45, 2.75) is 27.3 Å². The number of carboxylic acids is 1. The molecule has 1 N–H and O–H groups in total. The predicted octanol–water partition coefficient (Wildman–Crippen LogP) is 5.40. The summed E-state index contributed by atoms with van der Waals surface area (Å²) in [5, 5.41) is 10.2. The van der Waals surface area contributed by atoms with Gasteiger partial charge in [0.1, 0.15) is 0 Å². The number of carbonyl (C=O) groups is 2. The summed E-state index contributed by atoms with van der Waals surface area (Å²) in [4.78, 5) is 23.1. The van der Waals surface area contributed by atoms with Gasteiger partial charge in [-0.1, -0.05) is 25.3 Å². The molecule has 1 heterocycles. The number of hydrogen-bond donors (Lipinski definition) is 1. The summed E-state index contributed by atoms with van der Waals surface area (Å²) in [5.74, 6) is -1.29. The van der Waals surface area contributed by atoms with E-state index < -0.39 is 5.97 Å². The van der Waals surface area contributed by atoms with Crippen LogP contribution >= 0.6 is 0 Å². The second kappa shape index (κ2) is 8.41. The highest BCUT2D eigenvalue weighted by molar-refractivity contribution is 5.95. The number of hydrogen-bond acceptors (Lipinski definition) is 3. The maximum absolute atomic E-state index is 11.8. The number of aromatic nitrogens is 1. The van der Waals surface area contributed by atoms with Crippen LogP contribution in [0, 0.1) is 13.8 Å². The minimum Gasteiger partial charge on any atom is -0.478 e. The lowest BCUT2D eigenvalue weighted by Crippen LogP contribution is -2.05. The number of aryl methyl sites for hydroxylation is 1. The van der Waals surface area contributed by atoms with Crippen LogP contribution in [0.15, 0.2) is 61.2 Å². The molecule has 0 aliphatic heterocycles. The summed E-state index contributed by atoms with van der Waals surface area (Å²) in [5.41, 5.74) is 6.33. The van der Waals surface area contributed by atoms with Crippen LogP contribution in [0.2, 0.25) is 0 Å². The van der Waals surface area contributed by atoms with Crippen LogP contribution in [-0.2, 0) is 11.3 Å². The van der Waals surface area contributed by atoms with Gasteiger partial charge in [0.15, 0.2) is 0 Å². The molecule has 154 valence electrons. The zero-order valence-corrected chi connectivity index (χ0v) is 17.5. The van der Waals surface area contributed by atoms with E-state index in [-0.39, 0.29) is 11.5 Å². The summed E-state index contributed by atoms with van der Waals surface area (Å²) < 4.78 is 7.14. The maximum atomic E-state index is 11.8. The van der Waals surface area contributed by atoms with Crippen molar-refractivity contribution >= 4 is 28.4 Å². The van der Waals surface area contributed by atoms with Crippen LogP contribution in [0.3, 0.4) is 0 Å². The molecule has 0 spiro atoms. The fourth-order valence-corrected chi connectivity index (χ4v) is 3.50. The first-order valence-corrected chi connectivity index (χ1v) is 9.72. The van der Waals surface area contributed by atoms with Crippen LogP contribution in [0.5, 0.6) is 0 Å². The van der Waals surface area contributed by atoms with Gasteiger partial charge in [0.05, 0.1) is 17.7 Å². The van der Waals surface area contributed by atoms with Crippen LogP contribution in [-0.4, -0.2) is 28.2 Å². The largest absolute Gasteiger partial charge is 0.478 e. The first-order chi connectivity index (χ1) is 14.2. The van der Waals surface area contributed by atoms with E-state index in [1.165, 1.54) is 0 Å². The van der Waals surface area contributed by atoms with Crippen molar-refractivity contribution in [1.29, 1.82) is 0 Å². The molecule has 0 radical (unpaired) electrons. The summed E-state index contributed by atoms with van der Waals surface area (Å²) >= 11 is 0. The second-order valence-corrected chi connectivity index (χ2v) is 7.21. The monoisotopic (exact) mass is 403 g/mol. The SMILES string of the molecule is C=C(Cn1c(C)c(C)c2cc(C(=O)O)ccc21)C(=C)c1ccc(C(=O)OCC)cc1. The number of carbonyl (C=O) groups excluding carboxylic acids is 1. The van der Waals surface area contributed by atoms with Gasteiger partial charge in [0.2, 0.25) is 0 Å². The van der Waals surface area contributed by atoms with Crippen LogP contribution in [0.1, 0.15) is 44.5 Å². The second-order valence-electron chi connectivity index (χ2n) is 7.21. The Morgan fingerprint density at radius 3 is 2.20 bits per heavy atom. The quantitative estimate of drug-likeness (QED) is 0.423. The van der Waals surface area contributed by atoms with Gasteiger partial charge < -0.3 is 14.4 Å². The van der Waals surface area contributed by atoms with Crippen LogP contribution in [0.25, 0.3) is 16.5 Å². The third-order valence-corrected chi connectivity index (χ3v) is 5.41. The van der Waals surface area contributed by atoms with E-state index in [0.717, 1.165) is 38.9 Å². The van der Waals surface area contributed by atoms with Gasteiger partial charge in [-0.2, -0.15) is 0 Å². The zero-order chi connectivity index (χ0) is 22.0. The molecule has 30 heavy (non-hydrogen) atoms. The third-order valence-electron chi connectivity index (χ3n) is 5.41. The zero-order valence-electron chi connectivity index (χ0n) is 17.5. The normalized spacial score (nSPS) is 10.8. The Labute approximate surface area is 175 Å². The van der Waals surface area contributed by atoms with E-state index in [9.17, 15) is 14.7 Å². The van der Waals surface area contributed by atoms with Gasteiger partial charge in [0, 0.05) is 23.1 Å². The van der Waals surface area contributed by atoms with Crippen molar-refractivity contribution in [1.82, 2.24) is 4.57 Å². The molecule has 0 fully saturated rings. The minimum absolute atomic E-state index is 0.271. The molecule has 2 aromatic carbocycles. The molecule has 0 saturated heterocycles. The lowest BCUT2D eigenvalue weighted by molar-refractivity contribution is 0.0526. The summed E-state index contributed by atoms with van der Waals surface area (Å²) in [6, 6.07) is 12.3.